The van der Waals surface area contributed by atoms with Crippen molar-refractivity contribution in [2.75, 3.05) is 18.0 Å². The maximum absolute atomic E-state index is 12.8. The SMILES string of the molecule is FC(F)(F)C1CCCN(c2ccc(CNC3CC3)cn2)C1. The number of hydrogen-bond acceptors (Lipinski definition) is 3. The van der Waals surface area contributed by atoms with E-state index in [9.17, 15) is 13.2 Å². The lowest BCUT2D eigenvalue weighted by molar-refractivity contribution is -0.176. The van der Waals surface area contributed by atoms with E-state index in [-0.39, 0.29) is 13.0 Å². The van der Waals surface area contributed by atoms with E-state index in [0.29, 0.717) is 24.8 Å². The molecule has 116 valence electrons. The molecule has 2 fully saturated rings. The number of pyridine rings is 1. The highest BCUT2D eigenvalue weighted by Gasteiger charge is 2.42. The van der Waals surface area contributed by atoms with E-state index in [4.69, 9.17) is 0 Å². The first-order valence-corrected chi connectivity index (χ1v) is 7.52. The second-order valence-electron chi connectivity index (χ2n) is 6.01. The van der Waals surface area contributed by atoms with Crippen LogP contribution >= 0.6 is 0 Å². The van der Waals surface area contributed by atoms with Gasteiger partial charge in [-0.3, -0.25) is 0 Å². The second-order valence-corrected chi connectivity index (χ2v) is 6.01. The Morgan fingerprint density at radius 3 is 2.67 bits per heavy atom. The van der Waals surface area contributed by atoms with Crippen molar-refractivity contribution in [1.29, 1.82) is 0 Å². The Morgan fingerprint density at radius 2 is 2.05 bits per heavy atom. The number of rotatable bonds is 4. The molecule has 1 unspecified atom stereocenters. The number of aromatic nitrogens is 1. The Hall–Kier alpha value is -1.30. The number of halogens is 3. The molecule has 3 rings (SSSR count). The number of nitrogens with one attached hydrogen (secondary N) is 1. The minimum atomic E-state index is -4.10. The van der Waals surface area contributed by atoms with Crippen LogP contribution in [0, 0.1) is 5.92 Å². The predicted octanol–water partition coefficient (Wildman–Crippen LogP) is 3.11. The van der Waals surface area contributed by atoms with Crippen molar-refractivity contribution in [1.82, 2.24) is 10.3 Å². The Kier molecular flexibility index (Phi) is 4.06. The van der Waals surface area contributed by atoms with Gasteiger partial charge in [-0.25, -0.2) is 4.98 Å². The van der Waals surface area contributed by atoms with Gasteiger partial charge in [0.25, 0.3) is 0 Å². The van der Waals surface area contributed by atoms with Crippen molar-refractivity contribution in [2.24, 2.45) is 5.92 Å². The third-order valence-electron chi connectivity index (χ3n) is 4.19. The summed E-state index contributed by atoms with van der Waals surface area (Å²) >= 11 is 0. The van der Waals surface area contributed by atoms with E-state index in [0.717, 1.165) is 12.1 Å². The molecule has 6 heteroatoms. The molecule has 1 aliphatic carbocycles. The molecule has 21 heavy (non-hydrogen) atoms. The van der Waals surface area contributed by atoms with Crippen LogP contribution in [0.25, 0.3) is 0 Å². The van der Waals surface area contributed by atoms with Gasteiger partial charge >= 0.3 is 6.18 Å². The molecule has 0 spiro atoms. The molecule has 0 radical (unpaired) electrons. The van der Waals surface area contributed by atoms with Gasteiger partial charge in [-0.1, -0.05) is 6.07 Å². The van der Waals surface area contributed by atoms with Crippen molar-refractivity contribution in [3.05, 3.63) is 23.9 Å². The minimum absolute atomic E-state index is 0.0240. The standard InChI is InChI=1S/C15H20F3N3/c16-15(17,18)12-2-1-7-21(10-12)14-6-3-11(9-20-14)8-19-13-4-5-13/h3,6,9,12-13,19H,1-2,4-5,7-8,10H2. The maximum atomic E-state index is 12.8. The summed E-state index contributed by atoms with van der Waals surface area (Å²) in [6.45, 7) is 1.46. The lowest BCUT2D eigenvalue weighted by Gasteiger charge is -2.34. The first-order valence-electron chi connectivity index (χ1n) is 7.52. The fourth-order valence-corrected chi connectivity index (χ4v) is 2.71. The van der Waals surface area contributed by atoms with E-state index in [1.54, 1.807) is 11.1 Å². The molecule has 1 N–H and O–H groups in total. The lowest BCUT2D eigenvalue weighted by atomic mass is 9.97. The zero-order chi connectivity index (χ0) is 14.9. The van der Waals surface area contributed by atoms with Gasteiger partial charge in [0.15, 0.2) is 0 Å². The number of nitrogens with zero attached hydrogens (tertiary/aromatic N) is 2. The smallest absolute Gasteiger partial charge is 0.356 e. The molecule has 2 heterocycles. The summed E-state index contributed by atoms with van der Waals surface area (Å²) in [6.07, 6.45) is 0.922. The van der Waals surface area contributed by atoms with Crippen LogP contribution < -0.4 is 10.2 Å². The summed E-state index contributed by atoms with van der Waals surface area (Å²) in [5.74, 6) is -0.580. The van der Waals surface area contributed by atoms with Crippen molar-refractivity contribution in [2.45, 2.75) is 44.4 Å². The largest absolute Gasteiger partial charge is 0.393 e. The Morgan fingerprint density at radius 1 is 1.24 bits per heavy atom. The molecule has 0 aromatic carbocycles. The first-order chi connectivity index (χ1) is 10.0. The molecule has 1 aromatic heterocycles. The van der Waals surface area contributed by atoms with E-state index in [2.05, 4.69) is 10.3 Å². The van der Waals surface area contributed by atoms with E-state index in [1.807, 2.05) is 12.1 Å². The molecule has 1 saturated carbocycles. The summed E-state index contributed by atoms with van der Waals surface area (Å²) in [5, 5.41) is 3.40. The summed E-state index contributed by atoms with van der Waals surface area (Å²) < 4.78 is 38.5. The molecular weight excluding hydrogens is 279 g/mol. The van der Waals surface area contributed by atoms with Crippen LogP contribution in [0.3, 0.4) is 0 Å². The highest BCUT2D eigenvalue weighted by Crippen LogP contribution is 2.34. The minimum Gasteiger partial charge on any atom is -0.356 e. The molecule has 2 aliphatic rings. The summed E-state index contributed by atoms with van der Waals surface area (Å²) in [4.78, 5) is 6.09. The van der Waals surface area contributed by atoms with Gasteiger partial charge < -0.3 is 10.2 Å². The Labute approximate surface area is 122 Å². The van der Waals surface area contributed by atoms with E-state index in [1.165, 1.54) is 12.8 Å². The number of anilines is 1. The second kappa shape index (κ2) is 5.83. The Bertz CT molecular complexity index is 468. The van der Waals surface area contributed by atoms with Gasteiger partial charge in [-0.05, 0) is 37.3 Å². The zero-order valence-electron chi connectivity index (χ0n) is 11.9. The molecule has 3 nitrogen and oxygen atoms in total. The van der Waals surface area contributed by atoms with Gasteiger partial charge in [-0.2, -0.15) is 13.2 Å². The predicted molar refractivity (Wildman–Crippen MR) is 75.1 cm³/mol. The van der Waals surface area contributed by atoms with E-state index < -0.39 is 12.1 Å². The van der Waals surface area contributed by atoms with Crippen LogP contribution in [0.5, 0.6) is 0 Å². The topological polar surface area (TPSA) is 28.2 Å². The number of hydrogen-bond donors (Lipinski definition) is 1. The van der Waals surface area contributed by atoms with Gasteiger partial charge in [0, 0.05) is 31.9 Å². The fraction of sp³-hybridized carbons (Fsp3) is 0.667. The van der Waals surface area contributed by atoms with Crippen molar-refractivity contribution in [3.63, 3.8) is 0 Å². The zero-order valence-corrected chi connectivity index (χ0v) is 11.9. The van der Waals surface area contributed by atoms with Crippen molar-refractivity contribution >= 4 is 5.82 Å². The molecule has 1 aromatic rings. The third-order valence-corrected chi connectivity index (χ3v) is 4.19. The van der Waals surface area contributed by atoms with Crippen LogP contribution in [0.2, 0.25) is 0 Å². The highest BCUT2D eigenvalue weighted by molar-refractivity contribution is 5.40. The molecule has 0 amide bonds. The Balaban J connectivity index is 1.60. The van der Waals surface area contributed by atoms with Crippen LogP contribution in [-0.2, 0) is 6.54 Å². The summed E-state index contributed by atoms with van der Waals surface area (Å²) in [6, 6.07) is 4.43. The summed E-state index contributed by atoms with van der Waals surface area (Å²) in [7, 11) is 0. The average Bonchev–Trinajstić information content (AvgIpc) is 3.29. The molecule has 1 saturated heterocycles. The van der Waals surface area contributed by atoms with Gasteiger partial charge in [0.1, 0.15) is 5.82 Å². The monoisotopic (exact) mass is 299 g/mol. The third kappa shape index (κ3) is 3.87. The van der Waals surface area contributed by atoms with Crippen LogP contribution in [0.15, 0.2) is 18.3 Å². The van der Waals surface area contributed by atoms with Gasteiger partial charge in [0.2, 0.25) is 0 Å². The molecule has 0 bridgehead atoms. The van der Waals surface area contributed by atoms with Gasteiger partial charge in [-0.15, -0.1) is 0 Å². The van der Waals surface area contributed by atoms with Crippen molar-refractivity contribution < 1.29 is 13.2 Å². The van der Waals surface area contributed by atoms with E-state index >= 15 is 0 Å². The number of alkyl halides is 3. The lowest BCUT2D eigenvalue weighted by Crippen LogP contribution is -2.42. The molecular formula is C15H20F3N3. The van der Waals surface area contributed by atoms with Crippen LogP contribution in [-0.4, -0.2) is 30.3 Å². The quantitative estimate of drug-likeness (QED) is 0.926. The normalized spacial score (nSPS) is 23.4. The molecule has 1 atom stereocenters. The van der Waals surface area contributed by atoms with Crippen molar-refractivity contribution in [3.8, 4) is 0 Å². The summed E-state index contributed by atoms with van der Waals surface area (Å²) in [5.41, 5.74) is 1.08. The van der Waals surface area contributed by atoms with Crippen LogP contribution in [0.4, 0.5) is 19.0 Å². The van der Waals surface area contributed by atoms with Gasteiger partial charge in [0.05, 0.1) is 5.92 Å². The number of piperidine rings is 1. The molecule has 1 aliphatic heterocycles. The first kappa shape index (κ1) is 14.6. The highest BCUT2D eigenvalue weighted by atomic mass is 19.4. The average molecular weight is 299 g/mol. The van der Waals surface area contributed by atoms with Crippen LogP contribution in [0.1, 0.15) is 31.2 Å². The fourth-order valence-electron chi connectivity index (χ4n) is 2.71. The maximum Gasteiger partial charge on any atom is 0.393 e.